The summed E-state index contributed by atoms with van der Waals surface area (Å²) in [6.07, 6.45) is 0.771. The molecule has 2 aromatic rings. The molecule has 0 aliphatic carbocycles. The van der Waals surface area contributed by atoms with Gasteiger partial charge in [0.05, 0.1) is 0 Å². The molecule has 0 spiro atoms. The molecular weight excluding hydrogens is 324 g/mol. The molecule has 0 bridgehead atoms. The maximum atomic E-state index is 12.2. The van der Waals surface area contributed by atoms with Gasteiger partial charge in [-0.05, 0) is 35.1 Å². The zero-order valence-electron chi connectivity index (χ0n) is 16.1. The third-order valence-corrected chi connectivity index (χ3v) is 4.31. The largest absolute Gasteiger partial charge is 0.354 e. The Balaban J connectivity index is 1.95. The van der Waals surface area contributed by atoms with Crippen molar-refractivity contribution < 1.29 is 9.59 Å². The molecule has 138 valence electrons. The Morgan fingerprint density at radius 3 is 2.12 bits per heavy atom. The number of benzene rings is 2. The van der Waals surface area contributed by atoms with Crippen LogP contribution >= 0.6 is 0 Å². The van der Waals surface area contributed by atoms with Crippen LogP contribution in [0.15, 0.2) is 54.6 Å². The molecule has 0 aliphatic rings. The summed E-state index contributed by atoms with van der Waals surface area (Å²) in [5.41, 5.74) is 3.16. The van der Waals surface area contributed by atoms with Gasteiger partial charge in [-0.25, -0.2) is 0 Å². The smallest absolute Gasteiger partial charge is 0.240 e. The molecule has 2 aromatic carbocycles. The van der Waals surface area contributed by atoms with E-state index in [-0.39, 0.29) is 23.8 Å². The highest BCUT2D eigenvalue weighted by Crippen LogP contribution is 2.25. The van der Waals surface area contributed by atoms with E-state index in [4.69, 9.17) is 0 Å². The van der Waals surface area contributed by atoms with Crippen molar-refractivity contribution in [2.24, 2.45) is 0 Å². The summed E-state index contributed by atoms with van der Waals surface area (Å²) < 4.78 is 0. The number of carbonyl (C=O) groups excluding carboxylic acids is 2. The van der Waals surface area contributed by atoms with Crippen molar-refractivity contribution in [3.05, 3.63) is 65.7 Å². The van der Waals surface area contributed by atoms with Crippen LogP contribution in [0.1, 0.15) is 38.8 Å². The first-order chi connectivity index (χ1) is 12.3. The van der Waals surface area contributed by atoms with Crippen LogP contribution in [-0.4, -0.2) is 24.9 Å². The van der Waals surface area contributed by atoms with E-state index >= 15 is 0 Å². The molecule has 0 saturated carbocycles. The average molecular weight is 352 g/mol. The maximum Gasteiger partial charge on any atom is 0.240 e. The van der Waals surface area contributed by atoms with E-state index in [2.05, 4.69) is 26.1 Å². The molecule has 4 nitrogen and oxygen atoms in total. The quantitative estimate of drug-likeness (QED) is 0.862. The number of amides is 2. The number of nitrogens with zero attached hydrogens (tertiary/aromatic N) is 1. The molecule has 0 aliphatic heterocycles. The van der Waals surface area contributed by atoms with Gasteiger partial charge in [0.25, 0.3) is 0 Å². The number of hydrogen-bond acceptors (Lipinski definition) is 2. The minimum Gasteiger partial charge on any atom is -0.354 e. The van der Waals surface area contributed by atoms with Gasteiger partial charge in [0.1, 0.15) is 6.54 Å². The van der Waals surface area contributed by atoms with Crippen LogP contribution in [0, 0.1) is 0 Å². The van der Waals surface area contributed by atoms with Gasteiger partial charge in [-0.1, -0.05) is 63.2 Å². The number of nitrogens with one attached hydrogen (secondary N) is 1. The second-order valence-electron chi connectivity index (χ2n) is 7.49. The molecule has 2 rings (SSSR count). The first-order valence-corrected chi connectivity index (χ1v) is 8.96. The van der Waals surface area contributed by atoms with Crippen molar-refractivity contribution in [1.29, 1.82) is 0 Å². The van der Waals surface area contributed by atoms with Crippen molar-refractivity contribution in [2.75, 3.05) is 18.0 Å². The number of anilines is 1. The monoisotopic (exact) mass is 352 g/mol. The molecule has 26 heavy (non-hydrogen) atoms. The highest BCUT2D eigenvalue weighted by molar-refractivity contribution is 5.97. The fourth-order valence-electron chi connectivity index (χ4n) is 2.72. The first kappa shape index (κ1) is 19.7. The summed E-state index contributed by atoms with van der Waals surface area (Å²) in [7, 11) is 0. The van der Waals surface area contributed by atoms with E-state index in [0.29, 0.717) is 6.54 Å². The molecule has 4 heteroatoms. The standard InChI is InChI=1S/C22H28N2O2/c1-17(25)24(20-12-10-19(11-13-20)22(2,3)4)16-21(26)23-15-14-18-8-6-5-7-9-18/h5-13H,14-16H2,1-4H3,(H,23,26). The van der Waals surface area contributed by atoms with Gasteiger partial charge in [-0.15, -0.1) is 0 Å². The second kappa shape index (κ2) is 8.65. The van der Waals surface area contributed by atoms with Crippen LogP contribution in [0.4, 0.5) is 5.69 Å². The lowest BCUT2D eigenvalue weighted by Crippen LogP contribution is -2.40. The molecule has 0 fully saturated rings. The molecule has 0 unspecified atom stereocenters. The second-order valence-corrected chi connectivity index (χ2v) is 7.49. The Bertz CT molecular complexity index is 731. The van der Waals surface area contributed by atoms with Crippen LogP contribution in [0.3, 0.4) is 0 Å². The summed E-state index contributed by atoms with van der Waals surface area (Å²) in [5, 5.41) is 2.89. The molecule has 2 amide bonds. The van der Waals surface area contributed by atoms with Gasteiger partial charge in [0.2, 0.25) is 11.8 Å². The highest BCUT2D eigenvalue weighted by atomic mass is 16.2. The molecule has 0 atom stereocenters. The van der Waals surface area contributed by atoms with E-state index in [9.17, 15) is 9.59 Å². The lowest BCUT2D eigenvalue weighted by Gasteiger charge is -2.23. The lowest BCUT2D eigenvalue weighted by molar-refractivity contribution is -0.123. The minimum atomic E-state index is -0.156. The van der Waals surface area contributed by atoms with Gasteiger partial charge in [0.15, 0.2) is 0 Å². The van der Waals surface area contributed by atoms with E-state index in [1.165, 1.54) is 23.0 Å². The topological polar surface area (TPSA) is 49.4 Å². The summed E-state index contributed by atoms with van der Waals surface area (Å²) >= 11 is 0. The third-order valence-electron chi connectivity index (χ3n) is 4.31. The summed E-state index contributed by atoms with van der Waals surface area (Å²) in [5.74, 6) is -0.303. The number of hydrogen-bond donors (Lipinski definition) is 1. The van der Waals surface area contributed by atoms with E-state index in [1.54, 1.807) is 0 Å². The van der Waals surface area contributed by atoms with Gasteiger partial charge in [0, 0.05) is 19.2 Å². The molecule has 0 aromatic heterocycles. The van der Waals surface area contributed by atoms with Crippen LogP contribution < -0.4 is 10.2 Å². The fourth-order valence-corrected chi connectivity index (χ4v) is 2.72. The highest BCUT2D eigenvalue weighted by Gasteiger charge is 2.18. The van der Waals surface area contributed by atoms with Gasteiger partial charge < -0.3 is 10.2 Å². The first-order valence-electron chi connectivity index (χ1n) is 8.96. The molecule has 1 N–H and O–H groups in total. The molecule has 0 saturated heterocycles. The van der Waals surface area contributed by atoms with E-state index < -0.39 is 0 Å². The van der Waals surface area contributed by atoms with Crippen LogP contribution in [0.2, 0.25) is 0 Å². The third kappa shape index (κ3) is 5.73. The predicted octanol–water partition coefficient (Wildman–Crippen LogP) is 3.70. The zero-order valence-corrected chi connectivity index (χ0v) is 16.1. The summed E-state index contributed by atoms with van der Waals surface area (Å²) in [4.78, 5) is 25.7. The van der Waals surface area contributed by atoms with Crippen molar-refractivity contribution in [3.63, 3.8) is 0 Å². The Morgan fingerprint density at radius 1 is 0.962 bits per heavy atom. The van der Waals surface area contributed by atoms with Gasteiger partial charge in [-0.3, -0.25) is 9.59 Å². The molecule has 0 radical (unpaired) electrons. The van der Waals surface area contributed by atoms with Crippen molar-refractivity contribution in [2.45, 2.75) is 39.5 Å². The Morgan fingerprint density at radius 2 is 1.58 bits per heavy atom. The Hall–Kier alpha value is -2.62. The van der Waals surface area contributed by atoms with Crippen LogP contribution in [0.5, 0.6) is 0 Å². The van der Waals surface area contributed by atoms with Crippen LogP contribution in [0.25, 0.3) is 0 Å². The number of rotatable bonds is 6. The molecule has 0 heterocycles. The zero-order chi connectivity index (χ0) is 19.2. The SMILES string of the molecule is CC(=O)N(CC(=O)NCCc1ccccc1)c1ccc(C(C)(C)C)cc1. The minimum absolute atomic E-state index is 0.0268. The predicted molar refractivity (Wildman–Crippen MR) is 106 cm³/mol. The van der Waals surface area contributed by atoms with Crippen molar-refractivity contribution in [1.82, 2.24) is 5.32 Å². The van der Waals surface area contributed by atoms with Gasteiger partial charge in [-0.2, -0.15) is 0 Å². The summed E-state index contributed by atoms with van der Waals surface area (Å²) in [6.45, 7) is 8.49. The van der Waals surface area contributed by atoms with Gasteiger partial charge >= 0.3 is 0 Å². The number of carbonyl (C=O) groups is 2. The van der Waals surface area contributed by atoms with Crippen LogP contribution in [-0.2, 0) is 21.4 Å². The fraction of sp³-hybridized carbons (Fsp3) is 0.364. The Labute approximate surface area is 156 Å². The van der Waals surface area contributed by atoms with E-state index in [1.807, 2.05) is 54.6 Å². The van der Waals surface area contributed by atoms with E-state index in [0.717, 1.165) is 12.1 Å². The average Bonchev–Trinajstić information content (AvgIpc) is 2.60. The van der Waals surface area contributed by atoms with Crippen molar-refractivity contribution >= 4 is 17.5 Å². The lowest BCUT2D eigenvalue weighted by atomic mass is 9.87. The van der Waals surface area contributed by atoms with Crippen molar-refractivity contribution in [3.8, 4) is 0 Å². The Kier molecular flexibility index (Phi) is 6.56. The normalized spacial score (nSPS) is 11.1. The summed E-state index contributed by atoms with van der Waals surface area (Å²) in [6, 6.07) is 17.8. The molecular formula is C22H28N2O2. The maximum absolute atomic E-state index is 12.2.